The van der Waals surface area contributed by atoms with E-state index in [9.17, 15) is 0 Å². The smallest absolute Gasteiger partial charge is 0.176 e. The van der Waals surface area contributed by atoms with Gasteiger partial charge < -0.3 is 14.5 Å². The van der Waals surface area contributed by atoms with Crippen molar-refractivity contribution in [2.24, 2.45) is 0 Å². The second kappa shape index (κ2) is 5.47. The summed E-state index contributed by atoms with van der Waals surface area (Å²) in [5, 5.41) is 5.03. The Hall–Kier alpha value is -2.13. The quantitative estimate of drug-likeness (QED) is 0.755. The molecule has 1 N–H and O–H groups in total. The number of para-hydroxylation sites is 1. The van der Waals surface area contributed by atoms with Crippen molar-refractivity contribution in [2.75, 3.05) is 12.4 Å². The van der Waals surface area contributed by atoms with Gasteiger partial charge in [0, 0.05) is 16.1 Å². The Balaban J connectivity index is 1.81. The van der Waals surface area contributed by atoms with Crippen LogP contribution in [0.25, 0.3) is 11.0 Å². The van der Waals surface area contributed by atoms with Crippen molar-refractivity contribution in [2.45, 2.75) is 6.54 Å². The van der Waals surface area contributed by atoms with Crippen molar-refractivity contribution in [3.8, 4) is 5.75 Å². The maximum Gasteiger partial charge on any atom is 0.176 e. The number of hydrogen-bond donors (Lipinski definition) is 1. The average Bonchev–Trinajstić information content (AvgIpc) is 2.88. The van der Waals surface area contributed by atoms with E-state index in [1.165, 1.54) is 0 Å². The van der Waals surface area contributed by atoms with Crippen LogP contribution >= 0.6 is 11.6 Å². The maximum atomic E-state index is 5.95. The molecular formula is C16H14ClNO2. The molecule has 1 aromatic heterocycles. The molecule has 3 rings (SSSR count). The van der Waals surface area contributed by atoms with Gasteiger partial charge in [-0.25, -0.2) is 0 Å². The first kappa shape index (κ1) is 12.9. The van der Waals surface area contributed by atoms with Gasteiger partial charge in [0.25, 0.3) is 0 Å². The number of halogens is 1. The Morgan fingerprint density at radius 1 is 1.15 bits per heavy atom. The summed E-state index contributed by atoms with van der Waals surface area (Å²) in [6.07, 6.45) is 0. The SMILES string of the molecule is COc1cccc2cc(CNc3cccc(Cl)c3)oc12. The molecule has 20 heavy (non-hydrogen) atoms. The molecule has 2 aromatic carbocycles. The molecule has 0 amide bonds. The Kier molecular flexibility index (Phi) is 3.52. The molecule has 0 aliphatic heterocycles. The van der Waals surface area contributed by atoms with Crippen LogP contribution in [0.5, 0.6) is 5.75 Å². The number of anilines is 1. The van der Waals surface area contributed by atoms with Crippen LogP contribution in [0.3, 0.4) is 0 Å². The van der Waals surface area contributed by atoms with Gasteiger partial charge in [0.05, 0.1) is 13.7 Å². The van der Waals surface area contributed by atoms with E-state index in [4.69, 9.17) is 20.8 Å². The lowest BCUT2D eigenvalue weighted by molar-refractivity contribution is 0.408. The van der Waals surface area contributed by atoms with Gasteiger partial charge in [-0.05, 0) is 30.3 Å². The fourth-order valence-electron chi connectivity index (χ4n) is 2.13. The second-order valence-electron chi connectivity index (χ2n) is 4.46. The van der Waals surface area contributed by atoms with E-state index in [2.05, 4.69) is 5.32 Å². The number of hydrogen-bond acceptors (Lipinski definition) is 3. The first-order valence-electron chi connectivity index (χ1n) is 6.31. The Morgan fingerprint density at radius 2 is 2.00 bits per heavy atom. The molecular weight excluding hydrogens is 274 g/mol. The number of methoxy groups -OCH3 is 1. The van der Waals surface area contributed by atoms with Crippen LogP contribution < -0.4 is 10.1 Å². The number of rotatable bonds is 4. The molecule has 0 saturated carbocycles. The first-order chi connectivity index (χ1) is 9.76. The van der Waals surface area contributed by atoms with Crippen molar-refractivity contribution in [1.82, 2.24) is 0 Å². The lowest BCUT2D eigenvalue weighted by Gasteiger charge is -2.04. The molecule has 0 atom stereocenters. The molecule has 0 saturated heterocycles. The number of benzene rings is 2. The first-order valence-corrected chi connectivity index (χ1v) is 6.69. The summed E-state index contributed by atoms with van der Waals surface area (Å²) >= 11 is 5.95. The highest BCUT2D eigenvalue weighted by Crippen LogP contribution is 2.28. The largest absolute Gasteiger partial charge is 0.493 e. The van der Waals surface area contributed by atoms with Crippen molar-refractivity contribution >= 4 is 28.3 Å². The molecule has 102 valence electrons. The molecule has 0 aliphatic carbocycles. The van der Waals surface area contributed by atoms with E-state index < -0.39 is 0 Å². The van der Waals surface area contributed by atoms with Gasteiger partial charge in [-0.3, -0.25) is 0 Å². The van der Waals surface area contributed by atoms with E-state index in [1.807, 2.05) is 48.5 Å². The van der Waals surface area contributed by atoms with Crippen LogP contribution in [0.15, 0.2) is 52.9 Å². The van der Waals surface area contributed by atoms with Crippen LogP contribution in [0, 0.1) is 0 Å². The Morgan fingerprint density at radius 3 is 2.80 bits per heavy atom. The highest BCUT2D eigenvalue weighted by molar-refractivity contribution is 6.30. The molecule has 3 aromatic rings. The zero-order valence-corrected chi connectivity index (χ0v) is 11.8. The normalized spacial score (nSPS) is 10.7. The number of fused-ring (bicyclic) bond motifs is 1. The van der Waals surface area contributed by atoms with Gasteiger partial charge in [-0.2, -0.15) is 0 Å². The van der Waals surface area contributed by atoms with E-state index in [0.29, 0.717) is 11.6 Å². The molecule has 0 spiro atoms. The minimum Gasteiger partial charge on any atom is -0.493 e. The predicted octanol–water partition coefficient (Wildman–Crippen LogP) is 4.71. The zero-order chi connectivity index (χ0) is 13.9. The molecule has 0 radical (unpaired) electrons. The van der Waals surface area contributed by atoms with E-state index in [1.54, 1.807) is 7.11 Å². The van der Waals surface area contributed by atoms with Crippen LogP contribution in [0.2, 0.25) is 5.02 Å². The standard InChI is InChI=1S/C16H14ClNO2/c1-19-15-7-2-4-11-8-14(20-16(11)15)10-18-13-6-3-5-12(17)9-13/h2-9,18H,10H2,1H3. The fourth-order valence-corrected chi connectivity index (χ4v) is 2.32. The maximum absolute atomic E-state index is 5.95. The fraction of sp³-hybridized carbons (Fsp3) is 0.125. The lowest BCUT2D eigenvalue weighted by atomic mass is 10.2. The zero-order valence-electron chi connectivity index (χ0n) is 11.0. The van der Waals surface area contributed by atoms with E-state index in [0.717, 1.165) is 28.2 Å². The topological polar surface area (TPSA) is 34.4 Å². The molecule has 1 heterocycles. The summed E-state index contributed by atoms with van der Waals surface area (Å²) in [5.74, 6) is 1.60. The molecule has 0 aliphatic rings. The van der Waals surface area contributed by atoms with Crippen LogP contribution in [-0.4, -0.2) is 7.11 Å². The van der Waals surface area contributed by atoms with Crippen LogP contribution in [0.4, 0.5) is 5.69 Å². The van der Waals surface area contributed by atoms with Gasteiger partial charge in [0.2, 0.25) is 0 Å². The van der Waals surface area contributed by atoms with Crippen molar-refractivity contribution in [3.63, 3.8) is 0 Å². The average molecular weight is 288 g/mol. The number of nitrogens with one attached hydrogen (secondary N) is 1. The molecule has 3 nitrogen and oxygen atoms in total. The second-order valence-corrected chi connectivity index (χ2v) is 4.89. The van der Waals surface area contributed by atoms with Gasteiger partial charge in [-0.15, -0.1) is 0 Å². The summed E-state index contributed by atoms with van der Waals surface area (Å²) in [6.45, 7) is 0.595. The summed E-state index contributed by atoms with van der Waals surface area (Å²) in [6, 6.07) is 15.5. The third-order valence-corrected chi connectivity index (χ3v) is 3.31. The van der Waals surface area contributed by atoms with Crippen molar-refractivity contribution in [3.05, 3.63) is 59.3 Å². The van der Waals surface area contributed by atoms with Crippen molar-refractivity contribution < 1.29 is 9.15 Å². The summed E-state index contributed by atoms with van der Waals surface area (Å²) in [7, 11) is 1.64. The van der Waals surface area contributed by atoms with Gasteiger partial charge in [0.1, 0.15) is 5.76 Å². The van der Waals surface area contributed by atoms with E-state index >= 15 is 0 Å². The van der Waals surface area contributed by atoms with Gasteiger partial charge in [0.15, 0.2) is 11.3 Å². The van der Waals surface area contributed by atoms with Crippen molar-refractivity contribution in [1.29, 1.82) is 0 Å². The van der Waals surface area contributed by atoms with Crippen LogP contribution in [0.1, 0.15) is 5.76 Å². The Labute approximate surface area is 122 Å². The minimum atomic E-state index is 0.595. The van der Waals surface area contributed by atoms with E-state index in [-0.39, 0.29) is 0 Å². The minimum absolute atomic E-state index is 0.595. The third kappa shape index (κ3) is 2.58. The number of furan rings is 1. The lowest BCUT2D eigenvalue weighted by Crippen LogP contribution is -1.97. The predicted molar refractivity (Wildman–Crippen MR) is 81.5 cm³/mol. The van der Waals surface area contributed by atoms with Gasteiger partial charge in [-0.1, -0.05) is 29.8 Å². The monoisotopic (exact) mass is 287 g/mol. The summed E-state index contributed by atoms with van der Waals surface area (Å²) < 4.78 is 11.1. The Bertz CT molecular complexity index is 736. The molecule has 4 heteroatoms. The number of ether oxygens (including phenoxy) is 1. The molecule has 0 unspecified atom stereocenters. The summed E-state index contributed by atoms with van der Waals surface area (Å²) in [4.78, 5) is 0. The highest BCUT2D eigenvalue weighted by atomic mass is 35.5. The highest BCUT2D eigenvalue weighted by Gasteiger charge is 2.08. The molecule has 0 bridgehead atoms. The molecule has 0 fully saturated rings. The third-order valence-electron chi connectivity index (χ3n) is 3.07. The van der Waals surface area contributed by atoms with Gasteiger partial charge >= 0.3 is 0 Å². The van der Waals surface area contributed by atoms with Crippen LogP contribution in [-0.2, 0) is 6.54 Å². The summed E-state index contributed by atoms with van der Waals surface area (Å²) in [5.41, 5.74) is 1.74.